The average molecular weight is 345 g/mol. The highest BCUT2D eigenvalue weighted by atomic mass is 79.9. The highest BCUT2D eigenvalue weighted by Gasteiger charge is 2.23. The van der Waals surface area contributed by atoms with Gasteiger partial charge in [0.2, 0.25) is 0 Å². The molecule has 8 heteroatoms. The molecular weight excluding hydrogens is 332 g/mol. The molecule has 0 aliphatic rings. The van der Waals surface area contributed by atoms with Gasteiger partial charge >= 0.3 is 5.97 Å². The fourth-order valence-corrected chi connectivity index (χ4v) is 1.96. The van der Waals surface area contributed by atoms with Crippen LogP contribution >= 0.6 is 15.9 Å². The van der Waals surface area contributed by atoms with Crippen molar-refractivity contribution in [3.63, 3.8) is 0 Å². The minimum atomic E-state index is -0.944. The van der Waals surface area contributed by atoms with Gasteiger partial charge in [0, 0.05) is 30.6 Å². The van der Waals surface area contributed by atoms with E-state index in [4.69, 9.17) is 5.11 Å². The van der Waals surface area contributed by atoms with Crippen molar-refractivity contribution in [1.29, 1.82) is 0 Å². The van der Waals surface area contributed by atoms with Crippen LogP contribution in [0.4, 0.5) is 5.69 Å². The number of carboxylic acids is 1. The van der Waals surface area contributed by atoms with E-state index in [1.165, 1.54) is 24.1 Å². The number of carboxylic acid groups (broad SMARTS) is 1. The zero-order valence-electron chi connectivity index (χ0n) is 10.7. The number of rotatable bonds is 6. The van der Waals surface area contributed by atoms with Gasteiger partial charge in [-0.15, -0.1) is 0 Å². The molecule has 1 aromatic carbocycles. The fraction of sp³-hybridized carbons (Fsp3) is 0.333. The standard InChI is InChI=1S/C12H13BrN2O5/c1-14(6-2-3-11(16)17)12(18)9-5-4-8(13)7-10(9)15(19)20/h4-5,7H,2-3,6H2,1H3,(H,16,17). The lowest BCUT2D eigenvalue weighted by molar-refractivity contribution is -0.385. The summed E-state index contributed by atoms with van der Waals surface area (Å²) in [6, 6.07) is 4.18. The third-order valence-corrected chi connectivity index (χ3v) is 3.11. The van der Waals surface area contributed by atoms with Crippen molar-refractivity contribution in [3.8, 4) is 0 Å². The van der Waals surface area contributed by atoms with E-state index in [9.17, 15) is 19.7 Å². The van der Waals surface area contributed by atoms with E-state index < -0.39 is 16.8 Å². The Balaban J connectivity index is 2.86. The monoisotopic (exact) mass is 344 g/mol. The molecule has 1 amide bonds. The van der Waals surface area contributed by atoms with Crippen molar-refractivity contribution in [3.05, 3.63) is 38.3 Å². The van der Waals surface area contributed by atoms with Crippen LogP contribution in [0.15, 0.2) is 22.7 Å². The van der Waals surface area contributed by atoms with Gasteiger partial charge in [-0.25, -0.2) is 0 Å². The lowest BCUT2D eigenvalue weighted by Crippen LogP contribution is -2.28. The van der Waals surface area contributed by atoms with Crippen molar-refractivity contribution in [2.45, 2.75) is 12.8 Å². The molecule has 1 aromatic rings. The van der Waals surface area contributed by atoms with Crippen molar-refractivity contribution < 1.29 is 19.6 Å². The number of amides is 1. The SMILES string of the molecule is CN(CCCC(=O)O)C(=O)c1ccc(Br)cc1[N+](=O)[O-]. The number of aliphatic carboxylic acids is 1. The van der Waals surface area contributed by atoms with E-state index in [1.54, 1.807) is 6.07 Å². The van der Waals surface area contributed by atoms with Crippen LogP contribution in [0, 0.1) is 10.1 Å². The average Bonchev–Trinajstić information content (AvgIpc) is 2.37. The summed E-state index contributed by atoms with van der Waals surface area (Å²) >= 11 is 3.11. The third-order valence-electron chi connectivity index (χ3n) is 2.62. The third kappa shape index (κ3) is 4.30. The van der Waals surface area contributed by atoms with Crippen LogP contribution in [0.2, 0.25) is 0 Å². The van der Waals surface area contributed by atoms with Crippen LogP contribution in [0.3, 0.4) is 0 Å². The molecule has 0 atom stereocenters. The Morgan fingerprint density at radius 1 is 1.45 bits per heavy atom. The summed E-state index contributed by atoms with van der Waals surface area (Å²) in [7, 11) is 1.48. The summed E-state index contributed by atoms with van der Waals surface area (Å²) in [4.78, 5) is 34.1. The summed E-state index contributed by atoms with van der Waals surface area (Å²) in [5.41, 5.74) is -0.300. The molecule has 0 saturated carbocycles. The van der Waals surface area contributed by atoms with Crippen LogP contribution < -0.4 is 0 Å². The molecule has 0 bridgehead atoms. The van der Waals surface area contributed by atoms with Crippen molar-refractivity contribution in [2.24, 2.45) is 0 Å². The van der Waals surface area contributed by atoms with Gasteiger partial charge in [0.25, 0.3) is 11.6 Å². The molecule has 108 valence electrons. The predicted molar refractivity (Wildman–Crippen MR) is 74.6 cm³/mol. The molecule has 0 aliphatic heterocycles. The molecule has 0 spiro atoms. The summed E-state index contributed by atoms with van der Waals surface area (Å²) < 4.78 is 0.509. The van der Waals surface area contributed by atoms with Crippen LogP contribution in [0.25, 0.3) is 0 Å². The first kappa shape index (κ1) is 16.1. The van der Waals surface area contributed by atoms with Crippen molar-refractivity contribution >= 4 is 33.5 Å². The molecule has 0 saturated heterocycles. The zero-order valence-corrected chi connectivity index (χ0v) is 12.3. The highest BCUT2D eigenvalue weighted by molar-refractivity contribution is 9.10. The van der Waals surface area contributed by atoms with Gasteiger partial charge in [-0.05, 0) is 18.6 Å². The number of nitrogens with zero attached hydrogens (tertiary/aromatic N) is 2. The van der Waals surface area contributed by atoms with Gasteiger partial charge in [0.05, 0.1) is 4.92 Å². The number of halogens is 1. The number of nitro groups is 1. The lowest BCUT2D eigenvalue weighted by atomic mass is 10.1. The second-order valence-electron chi connectivity index (χ2n) is 4.14. The van der Waals surface area contributed by atoms with Gasteiger partial charge in [0.15, 0.2) is 0 Å². The Morgan fingerprint density at radius 2 is 2.10 bits per heavy atom. The zero-order chi connectivity index (χ0) is 15.3. The molecule has 0 unspecified atom stereocenters. The van der Waals surface area contributed by atoms with E-state index in [0.717, 1.165) is 0 Å². The fourth-order valence-electron chi connectivity index (χ4n) is 1.61. The molecule has 0 aliphatic carbocycles. The minimum absolute atomic E-state index is 0.0176. The molecule has 7 nitrogen and oxygen atoms in total. The highest BCUT2D eigenvalue weighted by Crippen LogP contribution is 2.24. The Kier molecular flexibility index (Phi) is 5.63. The number of benzene rings is 1. The second-order valence-corrected chi connectivity index (χ2v) is 5.06. The topological polar surface area (TPSA) is 101 Å². The number of nitro benzene ring substituents is 1. The Labute approximate surface area is 123 Å². The lowest BCUT2D eigenvalue weighted by Gasteiger charge is -2.16. The summed E-state index contributed by atoms with van der Waals surface area (Å²) in [6.07, 6.45) is 0.238. The maximum absolute atomic E-state index is 12.1. The molecule has 1 rings (SSSR count). The first-order chi connectivity index (χ1) is 9.32. The first-order valence-corrected chi connectivity index (χ1v) is 6.53. The Hall–Kier alpha value is -1.96. The molecular formula is C12H13BrN2O5. The van der Waals surface area contributed by atoms with Crippen molar-refractivity contribution in [1.82, 2.24) is 4.90 Å². The molecule has 0 heterocycles. The van der Waals surface area contributed by atoms with Gasteiger partial charge in [-0.3, -0.25) is 19.7 Å². The molecule has 0 radical (unpaired) electrons. The van der Waals surface area contributed by atoms with E-state index in [0.29, 0.717) is 10.9 Å². The molecule has 0 fully saturated rings. The number of hydrogen-bond acceptors (Lipinski definition) is 4. The normalized spacial score (nSPS) is 10.1. The quantitative estimate of drug-likeness (QED) is 0.630. The number of carbonyl (C=O) groups is 2. The van der Waals surface area contributed by atoms with E-state index >= 15 is 0 Å². The summed E-state index contributed by atoms with van der Waals surface area (Å²) in [5.74, 6) is -1.45. The number of carbonyl (C=O) groups excluding carboxylic acids is 1. The van der Waals surface area contributed by atoms with Gasteiger partial charge in [0.1, 0.15) is 5.56 Å². The molecule has 20 heavy (non-hydrogen) atoms. The molecule has 0 aromatic heterocycles. The predicted octanol–water partition coefficient (Wildman–Crippen LogP) is 2.29. The minimum Gasteiger partial charge on any atom is -0.481 e. The van der Waals surface area contributed by atoms with Crippen LogP contribution in [-0.4, -0.2) is 40.4 Å². The Bertz CT molecular complexity index is 547. The Morgan fingerprint density at radius 3 is 2.65 bits per heavy atom. The van der Waals surface area contributed by atoms with Crippen molar-refractivity contribution in [2.75, 3.05) is 13.6 Å². The van der Waals surface area contributed by atoms with Gasteiger partial charge < -0.3 is 10.0 Å². The van der Waals surface area contributed by atoms with E-state index in [-0.39, 0.29) is 24.2 Å². The first-order valence-electron chi connectivity index (χ1n) is 5.74. The number of hydrogen-bond donors (Lipinski definition) is 1. The van der Waals surface area contributed by atoms with Gasteiger partial charge in [-0.1, -0.05) is 15.9 Å². The summed E-state index contributed by atoms with van der Waals surface area (Å²) in [6.45, 7) is 0.221. The maximum Gasteiger partial charge on any atom is 0.303 e. The van der Waals surface area contributed by atoms with E-state index in [2.05, 4.69) is 15.9 Å². The second kappa shape index (κ2) is 6.99. The van der Waals surface area contributed by atoms with E-state index in [1.807, 2.05) is 0 Å². The maximum atomic E-state index is 12.1. The molecule has 1 N–H and O–H groups in total. The van der Waals surface area contributed by atoms with Crippen LogP contribution in [0.1, 0.15) is 23.2 Å². The van der Waals surface area contributed by atoms with Gasteiger partial charge in [-0.2, -0.15) is 0 Å². The smallest absolute Gasteiger partial charge is 0.303 e. The summed E-state index contributed by atoms with van der Waals surface area (Å²) in [5, 5.41) is 19.5. The van der Waals surface area contributed by atoms with Crippen LogP contribution in [-0.2, 0) is 4.79 Å². The largest absolute Gasteiger partial charge is 0.481 e. The van der Waals surface area contributed by atoms with Crippen LogP contribution in [0.5, 0.6) is 0 Å².